The van der Waals surface area contributed by atoms with E-state index in [1.807, 2.05) is 0 Å². The van der Waals surface area contributed by atoms with E-state index < -0.39 is 77.0 Å². The van der Waals surface area contributed by atoms with Crippen molar-refractivity contribution in [3.8, 4) is 0 Å². The molecule has 29 heavy (non-hydrogen) atoms. The molecule has 2 N–H and O–H groups in total. The van der Waals surface area contributed by atoms with E-state index in [0.29, 0.717) is 17.5 Å². The van der Waals surface area contributed by atoms with E-state index in [0.717, 1.165) is 6.07 Å². The number of amides is 1. The Hall–Kier alpha value is -3.15. The van der Waals surface area contributed by atoms with Gasteiger partial charge in [-0.25, -0.2) is 9.07 Å². The molecule has 6 heteroatoms. The van der Waals surface area contributed by atoms with Crippen molar-refractivity contribution in [2.45, 2.75) is 32.7 Å². The van der Waals surface area contributed by atoms with Crippen molar-refractivity contribution in [1.82, 2.24) is 9.99 Å². The standard InChI is InChI=1S/C23H24FN3O2/c1-3-25-27-14(2)19(17-10-7-11-18(24)20(17)23(27)29)22(28)26-21(16-12-13-16)15-8-5-4-6-9-15/h4-11,16,21,25H,3,12-13H2,1-2H3,(H,26,28)/t21-/m1/s1/i2D3,4D,5D,6D,8D,9D. The number of halogens is 1. The van der Waals surface area contributed by atoms with Crippen LogP contribution in [0.4, 0.5) is 4.39 Å². The van der Waals surface area contributed by atoms with Crippen molar-refractivity contribution < 1.29 is 20.2 Å². The highest BCUT2D eigenvalue weighted by Crippen LogP contribution is 2.41. The number of aromatic nitrogens is 1. The molecule has 0 spiro atoms. The molecule has 1 aromatic heterocycles. The monoisotopic (exact) mass is 401 g/mol. The quantitative estimate of drug-likeness (QED) is 0.659. The zero-order chi connectivity index (χ0) is 27.4. The fourth-order valence-electron chi connectivity index (χ4n) is 3.43. The molecule has 0 aliphatic heterocycles. The maximum Gasteiger partial charge on any atom is 0.279 e. The van der Waals surface area contributed by atoms with Gasteiger partial charge in [0, 0.05) is 16.0 Å². The molecule has 150 valence electrons. The third-order valence-electron chi connectivity index (χ3n) is 4.91. The number of nitrogens with one attached hydrogen (secondary N) is 2. The van der Waals surface area contributed by atoms with Crippen LogP contribution < -0.4 is 16.3 Å². The van der Waals surface area contributed by atoms with E-state index in [1.165, 1.54) is 12.1 Å². The van der Waals surface area contributed by atoms with Crippen LogP contribution in [0, 0.1) is 18.6 Å². The lowest BCUT2D eigenvalue weighted by Crippen LogP contribution is -2.36. The third kappa shape index (κ3) is 3.50. The van der Waals surface area contributed by atoms with Crippen molar-refractivity contribution in [1.29, 1.82) is 0 Å². The molecule has 3 aromatic rings. The van der Waals surface area contributed by atoms with Crippen LogP contribution in [0.1, 0.15) is 58.4 Å². The van der Waals surface area contributed by atoms with Gasteiger partial charge in [0.1, 0.15) is 5.82 Å². The average Bonchev–Trinajstić information content (AvgIpc) is 3.67. The average molecular weight is 402 g/mol. The number of carbonyl (C=O) groups is 1. The number of hydrogen-bond donors (Lipinski definition) is 2. The molecule has 0 bridgehead atoms. The molecule has 0 radical (unpaired) electrons. The van der Waals surface area contributed by atoms with Gasteiger partial charge >= 0.3 is 0 Å². The van der Waals surface area contributed by atoms with Crippen LogP contribution >= 0.6 is 0 Å². The SMILES string of the molecule is [2H]c1c([2H])c([2H])c([C@@H](NC(=O)c2c(C([2H])([2H])[2H])n(NCC)c(=O)c3c(F)cccc23)C2CC2)c([2H])c1[2H]. The van der Waals surface area contributed by atoms with Gasteiger partial charge in [-0.05, 0) is 44.2 Å². The Morgan fingerprint density at radius 2 is 2.10 bits per heavy atom. The summed E-state index contributed by atoms with van der Waals surface area (Å²) in [6, 6.07) is -0.145. The molecule has 1 fully saturated rings. The lowest BCUT2D eigenvalue weighted by molar-refractivity contribution is 0.0932. The smallest absolute Gasteiger partial charge is 0.279 e. The minimum Gasteiger partial charge on any atom is -0.345 e. The van der Waals surface area contributed by atoms with Crippen LogP contribution in [0.3, 0.4) is 0 Å². The number of rotatable bonds is 6. The summed E-state index contributed by atoms with van der Waals surface area (Å²) in [7, 11) is 0. The second-order valence-electron chi connectivity index (χ2n) is 6.87. The summed E-state index contributed by atoms with van der Waals surface area (Å²) in [5.41, 5.74) is 0.392. The fourth-order valence-corrected chi connectivity index (χ4v) is 3.43. The second kappa shape index (κ2) is 7.70. The van der Waals surface area contributed by atoms with Gasteiger partial charge in [0.05, 0.1) is 29.5 Å². The summed E-state index contributed by atoms with van der Waals surface area (Å²) in [6.07, 6.45) is 1.21. The van der Waals surface area contributed by atoms with Crippen LogP contribution in [0.15, 0.2) is 53.2 Å². The van der Waals surface area contributed by atoms with Crippen LogP contribution in [0.25, 0.3) is 10.8 Å². The Morgan fingerprint density at radius 3 is 2.76 bits per heavy atom. The molecule has 0 unspecified atom stereocenters. The van der Waals surface area contributed by atoms with Gasteiger partial charge in [-0.3, -0.25) is 9.59 Å². The maximum atomic E-state index is 14.8. The summed E-state index contributed by atoms with van der Waals surface area (Å²) in [5.74, 6) is -2.17. The van der Waals surface area contributed by atoms with Crippen molar-refractivity contribution in [3.63, 3.8) is 0 Å². The minimum atomic E-state index is -2.97. The number of hydrogen-bond acceptors (Lipinski definition) is 3. The zero-order valence-electron chi connectivity index (χ0n) is 23.6. The van der Waals surface area contributed by atoms with E-state index in [1.54, 1.807) is 6.92 Å². The molecule has 2 aromatic carbocycles. The van der Waals surface area contributed by atoms with Gasteiger partial charge in [-0.2, -0.15) is 0 Å². The second-order valence-corrected chi connectivity index (χ2v) is 6.87. The van der Waals surface area contributed by atoms with Crippen molar-refractivity contribution >= 4 is 16.7 Å². The van der Waals surface area contributed by atoms with Crippen molar-refractivity contribution in [2.24, 2.45) is 5.92 Å². The molecule has 1 amide bonds. The largest absolute Gasteiger partial charge is 0.345 e. The highest BCUT2D eigenvalue weighted by atomic mass is 19.1. The molecule has 0 saturated heterocycles. The Labute approximate surface area is 179 Å². The lowest BCUT2D eigenvalue weighted by Gasteiger charge is -2.22. The van der Waals surface area contributed by atoms with Gasteiger partial charge in [-0.15, -0.1) is 0 Å². The Morgan fingerprint density at radius 1 is 1.34 bits per heavy atom. The van der Waals surface area contributed by atoms with Gasteiger partial charge < -0.3 is 10.7 Å². The first-order valence-electron chi connectivity index (χ1n) is 13.3. The molecule has 1 atom stereocenters. The third-order valence-corrected chi connectivity index (χ3v) is 4.91. The molecule has 1 heterocycles. The molecular formula is C23H24FN3O2. The molecule has 1 saturated carbocycles. The van der Waals surface area contributed by atoms with E-state index in [2.05, 4.69) is 10.7 Å². The Balaban J connectivity index is 1.98. The first-order chi connectivity index (χ1) is 17.3. The van der Waals surface area contributed by atoms with Crippen molar-refractivity contribution in [3.05, 3.63) is 81.4 Å². The summed E-state index contributed by atoms with van der Waals surface area (Å²) < 4.78 is 80.2. The summed E-state index contributed by atoms with van der Waals surface area (Å²) in [5, 5.41) is 1.97. The van der Waals surface area contributed by atoms with Crippen LogP contribution in [-0.2, 0) is 0 Å². The van der Waals surface area contributed by atoms with Gasteiger partial charge in [0.2, 0.25) is 0 Å². The van der Waals surface area contributed by atoms with Crippen LogP contribution in [0.5, 0.6) is 0 Å². The van der Waals surface area contributed by atoms with E-state index in [4.69, 9.17) is 11.0 Å². The number of benzene rings is 2. The molecular weight excluding hydrogens is 369 g/mol. The van der Waals surface area contributed by atoms with E-state index in [9.17, 15) is 14.0 Å². The van der Waals surface area contributed by atoms with E-state index >= 15 is 0 Å². The topological polar surface area (TPSA) is 63.1 Å². The number of pyridine rings is 1. The van der Waals surface area contributed by atoms with Gasteiger partial charge in [0.25, 0.3) is 11.5 Å². The van der Waals surface area contributed by atoms with Crippen molar-refractivity contribution in [2.75, 3.05) is 12.0 Å². The maximum absolute atomic E-state index is 14.8. The van der Waals surface area contributed by atoms with Gasteiger partial charge in [-0.1, -0.05) is 42.3 Å². The van der Waals surface area contributed by atoms with E-state index in [-0.39, 0.29) is 23.4 Å². The zero-order valence-corrected chi connectivity index (χ0v) is 15.6. The van der Waals surface area contributed by atoms with Crippen LogP contribution in [0.2, 0.25) is 0 Å². The molecule has 4 rings (SSSR count). The summed E-state index contributed by atoms with van der Waals surface area (Å²) in [4.78, 5) is 26.9. The molecule has 5 nitrogen and oxygen atoms in total. The Kier molecular flexibility index (Phi) is 3.12. The number of fused-ring (bicyclic) bond motifs is 1. The minimum absolute atomic E-state index is 0.0944. The first kappa shape index (κ1) is 11.8. The normalized spacial score (nSPS) is 19.0. The van der Waals surface area contributed by atoms with Crippen LogP contribution in [-0.4, -0.2) is 17.1 Å². The van der Waals surface area contributed by atoms with Gasteiger partial charge in [0.15, 0.2) is 0 Å². The first-order valence-corrected chi connectivity index (χ1v) is 9.30. The highest BCUT2D eigenvalue weighted by Gasteiger charge is 2.34. The number of carbonyl (C=O) groups excluding carboxylic acids is 1. The predicted octanol–water partition coefficient (Wildman–Crippen LogP) is 3.89. The highest BCUT2D eigenvalue weighted by molar-refractivity contribution is 6.08. The molecule has 1 aliphatic rings. The fraction of sp³-hybridized carbons (Fsp3) is 0.304. The molecule has 1 aliphatic carbocycles. The lowest BCUT2D eigenvalue weighted by atomic mass is 9.99. The predicted molar refractivity (Wildman–Crippen MR) is 112 cm³/mol. The summed E-state index contributed by atoms with van der Waals surface area (Å²) >= 11 is 0. The Bertz CT molecular complexity index is 1460. The number of nitrogens with zero attached hydrogens (tertiary/aromatic N) is 1. The summed E-state index contributed by atoms with van der Waals surface area (Å²) in [6.45, 7) is -1.28.